The third kappa shape index (κ3) is 4.88. The topological polar surface area (TPSA) is 58.3 Å². The highest BCUT2D eigenvalue weighted by atomic mass is 16.4. The van der Waals surface area contributed by atoms with Crippen LogP contribution in [0.4, 0.5) is 0 Å². The quantitative estimate of drug-likeness (QED) is 0.767. The molecule has 0 fully saturated rings. The molecule has 1 aromatic heterocycles. The summed E-state index contributed by atoms with van der Waals surface area (Å²) in [5, 5.41) is 12.2. The Kier molecular flexibility index (Phi) is 5.15. The zero-order valence-electron chi connectivity index (χ0n) is 11.3. The van der Waals surface area contributed by atoms with E-state index in [2.05, 4.69) is 24.1 Å². The number of oxazole rings is 1. The van der Waals surface area contributed by atoms with Crippen molar-refractivity contribution in [3.63, 3.8) is 0 Å². The molecule has 0 spiro atoms. The molecule has 0 saturated carbocycles. The Morgan fingerprint density at radius 3 is 2.59 bits per heavy atom. The van der Waals surface area contributed by atoms with Crippen LogP contribution >= 0.6 is 0 Å². The lowest BCUT2D eigenvalue weighted by molar-refractivity contribution is 0.235. The molecule has 0 amide bonds. The number of hydrogen-bond donors (Lipinski definition) is 2. The van der Waals surface area contributed by atoms with E-state index < -0.39 is 0 Å². The average molecular weight is 240 g/mol. The van der Waals surface area contributed by atoms with Crippen molar-refractivity contribution in [3.8, 4) is 0 Å². The Hall–Kier alpha value is -0.870. The first-order chi connectivity index (χ1) is 7.94. The Balaban J connectivity index is 2.31. The minimum atomic E-state index is 0.194. The van der Waals surface area contributed by atoms with Crippen LogP contribution in [0.25, 0.3) is 0 Å². The van der Waals surface area contributed by atoms with Crippen molar-refractivity contribution in [2.24, 2.45) is 5.41 Å². The van der Waals surface area contributed by atoms with Gasteiger partial charge in [-0.25, -0.2) is 4.98 Å². The maximum atomic E-state index is 8.82. The highest BCUT2D eigenvalue weighted by Gasteiger charge is 2.17. The molecule has 1 aromatic rings. The Labute approximate surface area is 103 Å². The monoisotopic (exact) mass is 240 g/mol. The van der Waals surface area contributed by atoms with Crippen molar-refractivity contribution in [2.45, 2.75) is 47.1 Å². The number of aryl methyl sites for hydroxylation is 2. The SMILES string of the molecule is Cc1nc(CNCC(C)(C)CCCO)oc1C. The van der Waals surface area contributed by atoms with Crippen LogP contribution in [0.3, 0.4) is 0 Å². The van der Waals surface area contributed by atoms with Crippen LogP contribution < -0.4 is 5.32 Å². The molecule has 98 valence electrons. The molecule has 17 heavy (non-hydrogen) atoms. The molecular formula is C13H24N2O2. The first-order valence-electron chi connectivity index (χ1n) is 6.19. The second kappa shape index (κ2) is 6.17. The van der Waals surface area contributed by atoms with Gasteiger partial charge >= 0.3 is 0 Å². The van der Waals surface area contributed by atoms with Gasteiger partial charge in [0.1, 0.15) is 5.76 Å². The van der Waals surface area contributed by atoms with Crippen LogP contribution in [0, 0.1) is 19.3 Å². The molecule has 0 saturated heterocycles. The minimum absolute atomic E-state index is 0.194. The Morgan fingerprint density at radius 1 is 1.35 bits per heavy atom. The lowest BCUT2D eigenvalue weighted by Gasteiger charge is -2.24. The molecule has 1 rings (SSSR count). The first-order valence-corrected chi connectivity index (χ1v) is 6.19. The smallest absolute Gasteiger partial charge is 0.208 e. The lowest BCUT2D eigenvalue weighted by atomic mass is 9.88. The number of aliphatic hydroxyl groups excluding tert-OH is 1. The summed E-state index contributed by atoms with van der Waals surface area (Å²) in [6.45, 7) is 10.1. The van der Waals surface area contributed by atoms with Gasteiger partial charge in [-0.1, -0.05) is 13.8 Å². The van der Waals surface area contributed by atoms with Gasteiger partial charge < -0.3 is 14.8 Å². The second-order valence-corrected chi connectivity index (χ2v) is 5.34. The summed E-state index contributed by atoms with van der Waals surface area (Å²) in [5.41, 5.74) is 1.15. The largest absolute Gasteiger partial charge is 0.444 e. The van der Waals surface area contributed by atoms with E-state index in [0.29, 0.717) is 6.54 Å². The maximum Gasteiger partial charge on any atom is 0.208 e. The fraction of sp³-hybridized carbons (Fsp3) is 0.769. The normalized spacial score (nSPS) is 12.1. The molecule has 0 aliphatic carbocycles. The Bertz CT molecular complexity index is 326. The molecule has 0 aliphatic heterocycles. The number of nitrogens with one attached hydrogen (secondary N) is 1. The van der Waals surface area contributed by atoms with Gasteiger partial charge in [0, 0.05) is 13.2 Å². The fourth-order valence-electron chi connectivity index (χ4n) is 1.77. The number of aromatic nitrogens is 1. The summed E-state index contributed by atoms with van der Waals surface area (Å²) in [5.74, 6) is 1.64. The molecule has 0 aliphatic rings. The zero-order valence-corrected chi connectivity index (χ0v) is 11.3. The van der Waals surface area contributed by atoms with Gasteiger partial charge in [-0.3, -0.25) is 0 Å². The molecule has 4 nitrogen and oxygen atoms in total. The van der Waals surface area contributed by atoms with Crippen molar-refractivity contribution in [3.05, 3.63) is 17.3 Å². The van der Waals surface area contributed by atoms with E-state index in [1.54, 1.807) is 0 Å². The van der Waals surface area contributed by atoms with E-state index in [4.69, 9.17) is 9.52 Å². The van der Waals surface area contributed by atoms with Gasteiger partial charge in [-0.15, -0.1) is 0 Å². The van der Waals surface area contributed by atoms with Crippen LogP contribution in [0.5, 0.6) is 0 Å². The summed E-state index contributed by atoms with van der Waals surface area (Å²) < 4.78 is 5.50. The average Bonchev–Trinajstić information content (AvgIpc) is 2.55. The highest BCUT2D eigenvalue weighted by molar-refractivity contribution is 5.05. The molecule has 4 heteroatoms. The minimum Gasteiger partial charge on any atom is -0.444 e. The summed E-state index contributed by atoms with van der Waals surface area (Å²) in [6, 6.07) is 0. The number of rotatable bonds is 7. The number of hydrogen-bond acceptors (Lipinski definition) is 4. The van der Waals surface area contributed by atoms with Crippen LogP contribution in [0.2, 0.25) is 0 Å². The number of aliphatic hydroxyl groups is 1. The summed E-state index contributed by atoms with van der Waals surface area (Å²) in [6.07, 6.45) is 1.87. The van der Waals surface area contributed by atoms with Gasteiger partial charge in [-0.2, -0.15) is 0 Å². The third-order valence-corrected chi connectivity index (χ3v) is 2.96. The van der Waals surface area contributed by atoms with Crippen molar-refractivity contribution in [1.29, 1.82) is 0 Å². The van der Waals surface area contributed by atoms with Crippen molar-refractivity contribution in [2.75, 3.05) is 13.2 Å². The van der Waals surface area contributed by atoms with E-state index in [9.17, 15) is 0 Å². The predicted octanol–water partition coefficient (Wildman–Crippen LogP) is 2.18. The van der Waals surface area contributed by atoms with Crippen LogP contribution in [-0.4, -0.2) is 23.2 Å². The maximum absolute atomic E-state index is 8.82. The third-order valence-electron chi connectivity index (χ3n) is 2.96. The molecule has 2 N–H and O–H groups in total. The van der Waals surface area contributed by atoms with Crippen LogP contribution in [0.15, 0.2) is 4.42 Å². The molecule has 0 unspecified atom stereocenters. The lowest BCUT2D eigenvalue weighted by Crippen LogP contribution is -2.29. The predicted molar refractivity (Wildman–Crippen MR) is 67.8 cm³/mol. The van der Waals surface area contributed by atoms with E-state index >= 15 is 0 Å². The van der Waals surface area contributed by atoms with E-state index in [0.717, 1.165) is 36.7 Å². The molecule has 0 radical (unpaired) electrons. The van der Waals surface area contributed by atoms with Crippen molar-refractivity contribution in [1.82, 2.24) is 10.3 Å². The molecule has 0 bridgehead atoms. The Morgan fingerprint density at radius 2 is 2.06 bits per heavy atom. The standard InChI is InChI=1S/C13H24N2O2/c1-10-11(2)17-12(15-10)8-14-9-13(3,4)6-5-7-16/h14,16H,5-9H2,1-4H3. The molecular weight excluding hydrogens is 216 g/mol. The van der Waals surface area contributed by atoms with Gasteiger partial charge in [0.2, 0.25) is 5.89 Å². The zero-order chi connectivity index (χ0) is 12.9. The summed E-state index contributed by atoms with van der Waals surface area (Å²) in [4.78, 5) is 4.32. The van der Waals surface area contributed by atoms with Gasteiger partial charge in [-0.05, 0) is 32.1 Å². The van der Waals surface area contributed by atoms with E-state index in [1.165, 1.54) is 0 Å². The van der Waals surface area contributed by atoms with Crippen molar-refractivity contribution >= 4 is 0 Å². The summed E-state index contributed by atoms with van der Waals surface area (Å²) >= 11 is 0. The van der Waals surface area contributed by atoms with E-state index in [1.807, 2.05) is 13.8 Å². The molecule has 0 aromatic carbocycles. The molecule has 0 atom stereocenters. The van der Waals surface area contributed by atoms with Gasteiger partial charge in [0.15, 0.2) is 0 Å². The first kappa shape index (κ1) is 14.2. The van der Waals surface area contributed by atoms with Crippen LogP contribution in [-0.2, 0) is 6.54 Å². The van der Waals surface area contributed by atoms with Gasteiger partial charge in [0.25, 0.3) is 0 Å². The highest BCUT2D eigenvalue weighted by Crippen LogP contribution is 2.20. The van der Waals surface area contributed by atoms with Gasteiger partial charge in [0.05, 0.1) is 12.2 Å². The summed E-state index contributed by atoms with van der Waals surface area (Å²) in [7, 11) is 0. The number of nitrogens with zero attached hydrogens (tertiary/aromatic N) is 1. The molecule has 1 heterocycles. The second-order valence-electron chi connectivity index (χ2n) is 5.34. The van der Waals surface area contributed by atoms with E-state index in [-0.39, 0.29) is 12.0 Å². The van der Waals surface area contributed by atoms with Crippen molar-refractivity contribution < 1.29 is 9.52 Å². The fourth-order valence-corrected chi connectivity index (χ4v) is 1.77. The van der Waals surface area contributed by atoms with Crippen LogP contribution in [0.1, 0.15) is 44.0 Å².